The average molecular weight is 600 g/mol. The Morgan fingerprint density at radius 2 is 2.02 bits per heavy atom. The van der Waals surface area contributed by atoms with E-state index in [4.69, 9.17) is 21.9 Å². The Morgan fingerprint density at radius 1 is 1.26 bits per heavy atom. The molecule has 1 aliphatic carbocycles. The molecule has 0 radical (unpaired) electrons. The van der Waals surface area contributed by atoms with Crippen molar-refractivity contribution in [3.63, 3.8) is 0 Å². The van der Waals surface area contributed by atoms with Crippen LogP contribution in [-0.4, -0.2) is 37.7 Å². The van der Waals surface area contributed by atoms with E-state index >= 15 is 4.39 Å². The Morgan fingerprint density at radius 3 is 2.77 bits per heavy atom. The summed E-state index contributed by atoms with van der Waals surface area (Å²) in [6, 6.07) is 12.0. The van der Waals surface area contributed by atoms with E-state index in [0.717, 1.165) is 27.6 Å². The van der Waals surface area contributed by atoms with Crippen molar-refractivity contribution in [3.8, 4) is 11.4 Å². The lowest BCUT2D eigenvalue weighted by molar-refractivity contribution is -0.172. The fraction of sp³-hybridized carbons (Fsp3) is 0.333. The average Bonchev–Trinajstić information content (AvgIpc) is 3.37. The molecule has 1 amide bonds. The summed E-state index contributed by atoms with van der Waals surface area (Å²) in [7, 11) is 0. The van der Waals surface area contributed by atoms with Gasteiger partial charge in [0.15, 0.2) is 5.60 Å². The van der Waals surface area contributed by atoms with Crippen molar-refractivity contribution in [2.45, 2.75) is 70.4 Å². The van der Waals surface area contributed by atoms with E-state index in [0.29, 0.717) is 57.6 Å². The van der Waals surface area contributed by atoms with Crippen LogP contribution >= 0.6 is 12.2 Å². The first kappa shape index (κ1) is 27.8. The van der Waals surface area contributed by atoms with Gasteiger partial charge in [-0.1, -0.05) is 49.5 Å². The van der Waals surface area contributed by atoms with Crippen LogP contribution in [0.1, 0.15) is 64.8 Å². The summed E-state index contributed by atoms with van der Waals surface area (Å²) < 4.78 is 22.8. The minimum atomic E-state index is -1.84. The number of ether oxygens (including phenoxy) is 1. The molecular formula is C33H30FN3O5S. The number of hydrogen-bond donors (Lipinski definition) is 3. The van der Waals surface area contributed by atoms with E-state index in [1.54, 1.807) is 19.9 Å². The smallest absolute Gasteiger partial charge is 0.343 e. The van der Waals surface area contributed by atoms with Gasteiger partial charge < -0.3 is 24.8 Å². The third-order valence-corrected chi connectivity index (χ3v) is 9.74. The maximum Gasteiger partial charge on any atom is 0.343 e. The molecule has 10 heteroatoms. The number of pyridine rings is 2. The third-order valence-electron chi connectivity index (χ3n) is 9.27. The molecule has 4 heterocycles. The number of hydrogen-bond acceptors (Lipinski definition) is 7. The van der Waals surface area contributed by atoms with Crippen LogP contribution in [0.3, 0.4) is 0 Å². The predicted molar refractivity (Wildman–Crippen MR) is 159 cm³/mol. The maximum absolute atomic E-state index is 15.2. The molecule has 7 rings (SSSR count). The lowest BCUT2D eigenvalue weighted by Gasteiger charge is -2.32. The first-order chi connectivity index (χ1) is 20.6. The zero-order valence-corrected chi connectivity index (χ0v) is 24.6. The van der Waals surface area contributed by atoms with Gasteiger partial charge in [0.1, 0.15) is 23.2 Å². The van der Waals surface area contributed by atoms with Gasteiger partial charge in [-0.15, -0.1) is 0 Å². The second kappa shape index (κ2) is 10.0. The van der Waals surface area contributed by atoms with Crippen LogP contribution in [0.15, 0.2) is 42.5 Å². The monoisotopic (exact) mass is 599 g/mol. The van der Waals surface area contributed by atoms with Gasteiger partial charge in [-0.25, -0.2) is 14.2 Å². The van der Waals surface area contributed by atoms with Crippen LogP contribution < -0.4 is 5.32 Å². The van der Waals surface area contributed by atoms with Gasteiger partial charge >= 0.3 is 5.97 Å². The van der Waals surface area contributed by atoms with Crippen LogP contribution in [0.5, 0.6) is 0 Å². The second-order valence-electron chi connectivity index (χ2n) is 11.6. The quantitative estimate of drug-likeness (QED) is 0.200. The Labute approximate surface area is 252 Å². The summed E-state index contributed by atoms with van der Waals surface area (Å²) in [5.74, 6) is -1.56. The Hall–Kier alpha value is -3.99. The van der Waals surface area contributed by atoms with Gasteiger partial charge in [0, 0.05) is 34.6 Å². The number of aryl methyl sites for hydroxylation is 1. The summed E-state index contributed by atoms with van der Waals surface area (Å²) in [6.45, 7) is 3.77. The molecule has 0 bridgehead atoms. The fourth-order valence-electron chi connectivity index (χ4n) is 6.90. The molecule has 3 N–H and O–H groups in total. The molecule has 2 aliphatic heterocycles. The minimum Gasteiger partial charge on any atom is -0.458 e. The summed E-state index contributed by atoms with van der Waals surface area (Å²) in [4.78, 5) is 30.9. The number of rotatable bonds is 5. The number of fused-ring (bicyclic) bond motifs is 5. The summed E-state index contributed by atoms with van der Waals surface area (Å²) in [5, 5.41) is 26.0. The maximum atomic E-state index is 15.2. The number of cyclic esters (lactones) is 1. The summed E-state index contributed by atoms with van der Waals surface area (Å²) in [5.41, 5.74) is 4.69. The van der Waals surface area contributed by atoms with Gasteiger partial charge in [-0.3, -0.25) is 4.79 Å². The normalized spacial score (nSPS) is 20.7. The van der Waals surface area contributed by atoms with Gasteiger partial charge in [-0.05, 0) is 54.5 Å². The van der Waals surface area contributed by atoms with Gasteiger partial charge in [0.05, 0.1) is 29.5 Å². The van der Waals surface area contributed by atoms with Crippen LogP contribution in [-0.2, 0) is 45.9 Å². The molecular weight excluding hydrogens is 569 g/mol. The molecule has 3 atom stereocenters. The van der Waals surface area contributed by atoms with Crippen molar-refractivity contribution in [3.05, 3.63) is 91.9 Å². The number of carbonyl (C=O) groups excluding carboxylic acids is 2. The number of amides is 1. The molecule has 0 spiro atoms. The van der Waals surface area contributed by atoms with Gasteiger partial charge in [0.2, 0.25) is 5.91 Å². The van der Waals surface area contributed by atoms with E-state index in [-0.39, 0.29) is 25.3 Å². The van der Waals surface area contributed by atoms with Crippen molar-refractivity contribution in [1.82, 2.24) is 14.9 Å². The number of carbonyl (C=O) groups is 2. The number of nitrogens with zero attached hydrogens (tertiary/aromatic N) is 2. The molecule has 4 aromatic rings. The highest BCUT2D eigenvalue weighted by atomic mass is 32.1. The molecule has 0 fully saturated rings. The van der Waals surface area contributed by atoms with Gasteiger partial charge in [0.25, 0.3) is 0 Å². The van der Waals surface area contributed by atoms with Crippen LogP contribution in [0.4, 0.5) is 4.39 Å². The highest BCUT2D eigenvalue weighted by Gasteiger charge is 2.45. The number of aliphatic hydroxyl groups excluding tert-OH is 1. The van der Waals surface area contributed by atoms with E-state index in [1.807, 2.05) is 34.9 Å². The standard InChI is InChI=1S/C33H30FN3O5S/c1-3-33(41)21-12-25-29-19(14-37(25)31(43)20(21)15-42-32(33)40)28-23(36-30(39)26(38)11-17-7-5-4-6-8-17)10-9-18-16(2)22(34)13-24(35-29)27(18)28/h4-8,12-13,23,26,38,41H,3,9-11,14-15H2,1-2H3,(H,36,39)/t23-,26+,33-/m0/s1. The van der Waals surface area contributed by atoms with E-state index in [9.17, 15) is 19.8 Å². The van der Waals surface area contributed by atoms with Crippen molar-refractivity contribution in [1.29, 1.82) is 0 Å². The number of aromatic nitrogens is 2. The third kappa shape index (κ3) is 4.15. The molecule has 43 heavy (non-hydrogen) atoms. The zero-order chi connectivity index (χ0) is 30.2. The largest absolute Gasteiger partial charge is 0.458 e. The van der Waals surface area contributed by atoms with Gasteiger partial charge in [-0.2, -0.15) is 0 Å². The SMILES string of the molecule is CC[C@@]1(O)C(=O)OCc2c1cc1n(c2=S)Cc2c-1nc1cc(F)c(C)c3c1c2[C@@H](NC(=O)[C@H](O)Cc1ccccc1)CC3. The van der Waals surface area contributed by atoms with Crippen LogP contribution in [0.25, 0.3) is 22.3 Å². The van der Waals surface area contributed by atoms with Crippen molar-refractivity contribution < 1.29 is 28.9 Å². The zero-order valence-electron chi connectivity index (χ0n) is 23.7. The van der Waals surface area contributed by atoms with E-state index in [2.05, 4.69) is 5.32 Å². The van der Waals surface area contributed by atoms with E-state index in [1.165, 1.54) is 6.07 Å². The summed E-state index contributed by atoms with van der Waals surface area (Å²) in [6.07, 6.45) is 0.0936. The molecule has 2 aromatic heterocycles. The second-order valence-corrected chi connectivity index (χ2v) is 12.0. The number of halogens is 1. The Balaban J connectivity index is 1.38. The Bertz CT molecular complexity index is 1920. The lowest BCUT2D eigenvalue weighted by atomic mass is 9.81. The molecule has 8 nitrogen and oxygen atoms in total. The Kier molecular flexibility index (Phi) is 6.50. The van der Waals surface area contributed by atoms with Crippen molar-refractivity contribution in [2.24, 2.45) is 0 Å². The first-order valence-corrected chi connectivity index (χ1v) is 14.9. The highest BCUT2D eigenvalue weighted by Crippen LogP contribution is 2.47. The fourth-order valence-corrected chi connectivity index (χ4v) is 7.23. The summed E-state index contributed by atoms with van der Waals surface area (Å²) >= 11 is 5.88. The van der Waals surface area contributed by atoms with E-state index < -0.39 is 29.6 Å². The molecule has 3 aliphatic rings. The molecule has 0 unspecified atom stereocenters. The molecule has 2 aromatic carbocycles. The first-order valence-electron chi connectivity index (χ1n) is 14.5. The molecule has 220 valence electrons. The highest BCUT2D eigenvalue weighted by molar-refractivity contribution is 7.71. The molecule has 0 saturated carbocycles. The lowest BCUT2D eigenvalue weighted by Crippen LogP contribution is -2.41. The molecule has 0 saturated heterocycles. The number of esters is 1. The number of benzene rings is 2. The minimum absolute atomic E-state index is 0.0409. The van der Waals surface area contributed by atoms with Crippen molar-refractivity contribution in [2.75, 3.05) is 0 Å². The van der Waals surface area contributed by atoms with Crippen LogP contribution in [0.2, 0.25) is 0 Å². The van der Waals surface area contributed by atoms with Crippen LogP contribution in [0, 0.1) is 17.4 Å². The van der Waals surface area contributed by atoms with Crippen molar-refractivity contribution >= 4 is 35.0 Å². The predicted octanol–water partition coefficient (Wildman–Crippen LogP) is 4.60. The number of aliphatic hydroxyl groups is 2. The number of nitrogens with one attached hydrogen (secondary N) is 1. The topological polar surface area (TPSA) is 114 Å².